The van der Waals surface area contributed by atoms with Crippen molar-refractivity contribution in [3.8, 4) is 22.6 Å². The first kappa shape index (κ1) is 29.7. The van der Waals surface area contributed by atoms with Crippen LogP contribution in [0.5, 0.6) is 11.5 Å². The van der Waals surface area contributed by atoms with E-state index in [0.29, 0.717) is 23.3 Å². The van der Waals surface area contributed by atoms with Crippen LogP contribution < -0.4 is 9.47 Å². The van der Waals surface area contributed by atoms with E-state index in [0.717, 1.165) is 38.5 Å². The monoisotopic (exact) mass is 556 g/mol. The minimum absolute atomic E-state index is 0.0234. The Morgan fingerprint density at radius 1 is 0.875 bits per heavy atom. The van der Waals surface area contributed by atoms with Crippen molar-refractivity contribution in [2.45, 2.75) is 70.5 Å². The molecule has 0 radical (unpaired) electrons. The van der Waals surface area contributed by atoms with Crippen molar-refractivity contribution in [1.82, 2.24) is 0 Å². The Kier molecular flexibility index (Phi) is 10.3. The Labute approximate surface area is 233 Å². The largest absolute Gasteiger partial charge is 0.490 e. The molecule has 0 bridgehead atoms. The van der Waals surface area contributed by atoms with Gasteiger partial charge in [0, 0.05) is 11.1 Å². The summed E-state index contributed by atoms with van der Waals surface area (Å²) in [5.74, 6) is -3.50. The van der Waals surface area contributed by atoms with Crippen LogP contribution in [0.2, 0.25) is 0 Å². The quantitative estimate of drug-likeness (QED) is 0.138. The number of halogens is 4. The van der Waals surface area contributed by atoms with Gasteiger partial charge in [-0.15, -0.1) is 6.58 Å². The second-order valence-electron chi connectivity index (χ2n) is 10.4. The van der Waals surface area contributed by atoms with Crippen molar-refractivity contribution in [3.63, 3.8) is 0 Å². The molecule has 3 aromatic carbocycles. The Morgan fingerprint density at radius 3 is 2.27 bits per heavy atom. The molecule has 3 aromatic rings. The number of aliphatic hydroxyl groups excluding tert-OH is 1. The molecular formula is C33H36F4O3. The molecule has 0 aliphatic heterocycles. The van der Waals surface area contributed by atoms with E-state index < -0.39 is 23.3 Å². The van der Waals surface area contributed by atoms with Gasteiger partial charge >= 0.3 is 0 Å². The molecule has 1 unspecified atom stereocenters. The molecule has 3 nitrogen and oxygen atoms in total. The van der Waals surface area contributed by atoms with Gasteiger partial charge in [-0.3, -0.25) is 0 Å². The van der Waals surface area contributed by atoms with Crippen molar-refractivity contribution in [1.29, 1.82) is 0 Å². The second-order valence-corrected chi connectivity index (χ2v) is 10.4. The van der Waals surface area contributed by atoms with E-state index in [-0.39, 0.29) is 48.0 Å². The van der Waals surface area contributed by atoms with Crippen LogP contribution in [-0.2, 0) is 6.61 Å². The first-order chi connectivity index (χ1) is 19.3. The summed E-state index contributed by atoms with van der Waals surface area (Å²) in [4.78, 5) is 0. The normalized spacial score (nSPS) is 17.9. The Morgan fingerprint density at radius 2 is 1.60 bits per heavy atom. The fourth-order valence-electron chi connectivity index (χ4n) is 5.39. The average molecular weight is 557 g/mol. The van der Waals surface area contributed by atoms with Crippen LogP contribution in [0, 0.1) is 29.2 Å². The number of hydrogen-bond donors (Lipinski definition) is 1. The third kappa shape index (κ3) is 6.87. The van der Waals surface area contributed by atoms with Crippen LogP contribution >= 0.6 is 0 Å². The molecule has 214 valence electrons. The third-order valence-corrected chi connectivity index (χ3v) is 7.72. The Bertz CT molecular complexity index is 1280. The zero-order valence-electron chi connectivity index (χ0n) is 22.8. The van der Waals surface area contributed by atoms with Crippen molar-refractivity contribution < 1.29 is 32.1 Å². The van der Waals surface area contributed by atoms with Crippen molar-refractivity contribution in [2.75, 3.05) is 6.61 Å². The number of ether oxygens (including phenoxy) is 2. The average Bonchev–Trinajstić information content (AvgIpc) is 2.97. The summed E-state index contributed by atoms with van der Waals surface area (Å²) in [5.41, 5.74) is 1.02. The van der Waals surface area contributed by atoms with E-state index in [1.54, 1.807) is 42.5 Å². The van der Waals surface area contributed by atoms with Gasteiger partial charge in [0.25, 0.3) is 0 Å². The van der Waals surface area contributed by atoms with Crippen LogP contribution in [0.3, 0.4) is 0 Å². The van der Waals surface area contributed by atoms with Gasteiger partial charge < -0.3 is 14.6 Å². The Hall–Kier alpha value is -3.32. The molecule has 1 fully saturated rings. The maximum Gasteiger partial charge on any atom is 0.201 e. The van der Waals surface area contributed by atoms with Gasteiger partial charge in [0.2, 0.25) is 5.82 Å². The van der Waals surface area contributed by atoms with Crippen molar-refractivity contribution in [2.24, 2.45) is 5.92 Å². The van der Waals surface area contributed by atoms with Crippen LogP contribution in [0.4, 0.5) is 17.6 Å². The Balaban J connectivity index is 1.39. The highest BCUT2D eigenvalue weighted by Gasteiger charge is 2.29. The van der Waals surface area contributed by atoms with E-state index in [1.165, 1.54) is 12.1 Å². The molecule has 0 saturated heterocycles. The third-order valence-electron chi connectivity index (χ3n) is 7.72. The molecule has 40 heavy (non-hydrogen) atoms. The zero-order chi connectivity index (χ0) is 28.6. The van der Waals surface area contributed by atoms with Gasteiger partial charge in [0.1, 0.15) is 12.4 Å². The SMILES string of the molecule is C=CCCOc1ccc(COc2ccc(-c3ccc(C4CCC(C(O)CCC)CC4)c(F)c3F)cc2)c(F)c1F. The van der Waals surface area contributed by atoms with E-state index in [1.807, 2.05) is 6.92 Å². The molecule has 0 heterocycles. The second kappa shape index (κ2) is 13.8. The summed E-state index contributed by atoms with van der Waals surface area (Å²) in [6, 6.07) is 12.4. The van der Waals surface area contributed by atoms with Gasteiger partial charge in [-0.25, -0.2) is 13.2 Å². The summed E-state index contributed by atoms with van der Waals surface area (Å²) in [6.07, 6.45) is 6.56. The predicted molar refractivity (Wildman–Crippen MR) is 148 cm³/mol. The number of hydrogen-bond acceptors (Lipinski definition) is 3. The first-order valence-corrected chi connectivity index (χ1v) is 13.9. The zero-order valence-corrected chi connectivity index (χ0v) is 22.8. The maximum atomic E-state index is 15.2. The lowest BCUT2D eigenvalue weighted by atomic mass is 9.75. The molecular weight excluding hydrogens is 520 g/mol. The molecule has 0 spiro atoms. The molecule has 7 heteroatoms. The van der Waals surface area contributed by atoms with E-state index in [9.17, 15) is 13.9 Å². The van der Waals surface area contributed by atoms with Gasteiger partial charge in [0.15, 0.2) is 23.2 Å². The van der Waals surface area contributed by atoms with Gasteiger partial charge in [-0.2, -0.15) is 4.39 Å². The highest BCUT2D eigenvalue weighted by atomic mass is 19.2. The highest BCUT2D eigenvalue weighted by molar-refractivity contribution is 5.65. The summed E-state index contributed by atoms with van der Waals surface area (Å²) >= 11 is 0. The standard InChI is InChI=1S/C33H36F4O3/c1-3-5-19-39-29-18-13-24(30(34)33(29)37)20-40-25-14-11-22(12-15-25)27-17-16-26(31(35)32(27)36)21-7-9-23(10-8-21)28(38)6-4-2/h3,11-18,21,23,28,38H,1,4-10,19-20H2,2H3. The molecule has 4 rings (SSSR count). The van der Waals surface area contributed by atoms with E-state index in [4.69, 9.17) is 9.47 Å². The van der Waals surface area contributed by atoms with Gasteiger partial charge in [0.05, 0.1) is 12.7 Å². The molecule has 1 aliphatic carbocycles. The number of benzene rings is 3. The number of rotatable bonds is 12. The summed E-state index contributed by atoms with van der Waals surface area (Å²) < 4.78 is 69.9. The molecule has 0 aromatic heterocycles. The molecule has 0 amide bonds. The van der Waals surface area contributed by atoms with Crippen molar-refractivity contribution >= 4 is 0 Å². The highest BCUT2D eigenvalue weighted by Crippen LogP contribution is 2.40. The minimum atomic E-state index is -1.08. The fraction of sp³-hybridized carbons (Fsp3) is 0.394. The van der Waals surface area contributed by atoms with E-state index >= 15 is 8.78 Å². The van der Waals surface area contributed by atoms with Gasteiger partial charge in [-0.1, -0.05) is 43.7 Å². The van der Waals surface area contributed by atoms with Crippen LogP contribution in [0.25, 0.3) is 11.1 Å². The topological polar surface area (TPSA) is 38.7 Å². The lowest BCUT2D eigenvalue weighted by Gasteiger charge is -2.32. The predicted octanol–water partition coefficient (Wildman–Crippen LogP) is 8.88. The first-order valence-electron chi connectivity index (χ1n) is 13.9. The minimum Gasteiger partial charge on any atom is -0.490 e. The molecule has 1 atom stereocenters. The van der Waals surface area contributed by atoms with Gasteiger partial charge in [-0.05, 0) is 85.8 Å². The maximum absolute atomic E-state index is 15.2. The summed E-state index contributed by atoms with van der Waals surface area (Å²) in [7, 11) is 0. The van der Waals surface area contributed by atoms with Crippen molar-refractivity contribution in [3.05, 3.63) is 95.6 Å². The molecule has 1 aliphatic rings. The van der Waals surface area contributed by atoms with Crippen LogP contribution in [0.15, 0.2) is 61.2 Å². The molecule has 1 N–H and O–H groups in total. The van der Waals surface area contributed by atoms with E-state index in [2.05, 4.69) is 6.58 Å². The lowest BCUT2D eigenvalue weighted by Crippen LogP contribution is -2.25. The summed E-state index contributed by atoms with van der Waals surface area (Å²) in [6.45, 7) is 5.58. The molecule has 1 saturated carbocycles. The number of aliphatic hydroxyl groups is 1. The fourth-order valence-corrected chi connectivity index (χ4v) is 5.39. The van der Waals surface area contributed by atoms with Crippen LogP contribution in [-0.4, -0.2) is 17.8 Å². The smallest absolute Gasteiger partial charge is 0.201 e. The summed E-state index contributed by atoms with van der Waals surface area (Å²) in [5, 5.41) is 10.3. The lowest BCUT2D eigenvalue weighted by molar-refractivity contribution is 0.0727. The van der Waals surface area contributed by atoms with Crippen LogP contribution in [0.1, 0.15) is 68.9 Å².